The highest BCUT2D eigenvalue weighted by atomic mass is 32.2. The van der Waals surface area contributed by atoms with Gasteiger partial charge in [0.15, 0.2) is 5.76 Å². The average Bonchev–Trinajstić information content (AvgIpc) is 3.11. The zero-order valence-electron chi connectivity index (χ0n) is 10.2. The molecule has 1 saturated carbocycles. The second-order valence-electron chi connectivity index (χ2n) is 4.59. The fourth-order valence-electron chi connectivity index (χ4n) is 2.05. The Hall–Kier alpha value is -1.42. The number of para-hydroxylation sites is 1. The maximum absolute atomic E-state index is 12.1. The van der Waals surface area contributed by atoms with Crippen LogP contribution in [0.5, 0.6) is 0 Å². The van der Waals surface area contributed by atoms with E-state index in [1.54, 1.807) is 11.8 Å². The molecule has 1 aromatic heterocycles. The van der Waals surface area contributed by atoms with Gasteiger partial charge in [-0.05, 0) is 25.2 Å². The number of furan rings is 1. The van der Waals surface area contributed by atoms with Crippen molar-refractivity contribution in [1.29, 1.82) is 0 Å². The van der Waals surface area contributed by atoms with Crippen LogP contribution in [0.25, 0.3) is 11.0 Å². The molecule has 1 heterocycles. The Morgan fingerprint density at radius 2 is 2.22 bits per heavy atom. The van der Waals surface area contributed by atoms with Crippen molar-refractivity contribution < 1.29 is 9.21 Å². The molecule has 18 heavy (non-hydrogen) atoms. The molecule has 1 aliphatic carbocycles. The Balaban J connectivity index is 2.02. The third-order valence-electron chi connectivity index (χ3n) is 3.11. The highest BCUT2D eigenvalue weighted by molar-refractivity contribution is 7.97. The van der Waals surface area contributed by atoms with E-state index in [0.29, 0.717) is 11.8 Å². The number of carbonyl (C=O) groups is 1. The lowest BCUT2D eigenvalue weighted by molar-refractivity contribution is 0.0924. The van der Waals surface area contributed by atoms with E-state index in [0.717, 1.165) is 35.1 Å². The summed E-state index contributed by atoms with van der Waals surface area (Å²) in [5.41, 5.74) is 1.80. The number of thioether (sulfide) groups is 1. The van der Waals surface area contributed by atoms with E-state index in [1.165, 1.54) is 0 Å². The summed E-state index contributed by atoms with van der Waals surface area (Å²) in [6.45, 7) is 0. The van der Waals surface area contributed by atoms with Gasteiger partial charge in [-0.3, -0.25) is 4.79 Å². The smallest absolute Gasteiger partial charge is 0.287 e. The molecule has 1 amide bonds. The van der Waals surface area contributed by atoms with Crippen LogP contribution in [0.2, 0.25) is 0 Å². The lowest BCUT2D eigenvalue weighted by Gasteiger charge is -2.02. The fourth-order valence-corrected chi connectivity index (χ4v) is 2.62. The van der Waals surface area contributed by atoms with Crippen molar-refractivity contribution in [3.05, 3.63) is 35.6 Å². The Kier molecular flexibility index (Phi) is 3.04. The highest BCUT2D eigenvalue weighted by Crippen LogP contribution is 2.29. The molecular weight excluding hydrogens is 246 g/mol. The highest BCUT2D eigenvalue weighted by Gasteiger charge is 2.27. The predicted molar refractivity (Wildman–Crippen MR) is 73.9 cm³/mol. The SMILES string of the molecule is CSCc1c(C(=O)NC2CC2)oc2ccccc12. The Morgan fingerprint density at radius 1 is 1.44 bits per heavy atom. The molecule has 0 spiro atoms. The summed E-state index contributed by atoms with van der Waals surface area (Å²) < 4.78 is 5.72. The van der Waals surface area contributed by atoms with Crippen LogP contribution in [0.1, 0.15) is 29.0 Å². The van der Waals surface area contributed by atoms with Gasteiger partial charge >= 0.3 is 0 Å². The predicted octanol–water partition coefficient (Wildman–Crippen LogP) is 3.19. The lowest BCUT2D eigenvalue weighted by atomic mass is 10.1. The molecule has 1 fully saturated rings. The lowest BCUT2D eigenvalue weighted by Crippen LogP contribution is -2.25. The number of fused-ring (bicyclic) bond motifs is 1. The first kappa shape index (κ1) is 11.7. The number of hydrogen-bond donors (Lipinski definition) is 1. The third kappa shape index (κ3) is 2.12. The first-order chi connectivity index (χ1) is 8.79. The van der Waals surface area contributed by atoms with Gasteiger partial charge in [0.05, 0.1) is 0 Å². The van der Waals surface area contributed by atoms with Crippen LogP contribution in [0, 0.1) is 0 Å². The first-order valence-electron chi connectivity index (χ1n) is 6.10. The molecule has 3 rings (SSSR count). The molecule has 0 unspecified atom stereocenters. The molecule has 0 radical (unpaired) electrons. The van der Waals surface area contributed by atoms with Crippen LogP contribution in [0.3, 0.4) is 0 Å². The zero-order valence-corrected chi connectivity index (χ0v) is 11.0. The fraction of sp³-hybridized carbons (Fsp3) is 0.357. The number of nitrogens with one attached hydrogen (secondary N) is 1. The van der Waals surface area contributed by atoms with Gasteiger partial charge in [0.25, 0.3) is 5.91 Å². The molecule has 1 aliphatic rings. The van der Waals surface area contributed by atoms with Crippen LogP contribution < -0.4 is 5.32 Å². The van der Waals surface area contributed by atoms with Crippen molar-refractivity contribution in [2.24, 2.45) is 0 Å². The summed E-state index contributed by atoms with van der Waals surface area (Å²) in [6, 6.07) is 8.18. The summed E-state index contributed by atoms with van der Waals surface area (Å²) in [6.07, 6.45) is 4.21. The van der Waals surface area contributed by atoms with Gasteiger partial charge in [0.2, 0.25) is 0 Å². The monoisotopic (exact) mass is 261 g/mol. The van der Waals surface area contributed by atoms with Crippen LogP contribution in [-0.4, -0.2) is 18.2 Å². The minimum Gasteiger partial charge on any atom is -0.451 e. The number of carbonyl (C=O) groups excluding carboxylic acids is 1. The standard InChI is InChI=1S/C14H15NO2S/c1-18-8-11-10-4-2-3-5-12(10)17-13(11)14(16)15-9-6-7-9/h2-5,9H,6-8H2,1H3,(H,15,16). The normalized spacial score (nSPS) is 14.9. The number of rotatable bonds is 4. The van der Waals surface area contributed by atoms with E-state index in [4.69, 9.17) is 4.42 Å². The van der Waals surface area contributed by atoms with Gasteiger partial charge in [0.1, 0.15) is 5.58 Å². The molecule has 1 aromatic carbocycles. The Bertz CT molecular complexity index is 586. The molecule has 2 aromatic rings. The van der Waals surface area contributed by atoms with Crippen molar-refractivity contribution in [1.82, 2.24) is 5.32 Å². The van der Waals surface area contributed by atoms with Crippen molar-refractivity contribution in [3.63, 3.8) is 0 Å². The third-order valence-corrected chi connectivity index (χ3v) is 3.68. The summed E-state index contributed by atoms with van der Waals surface area (Å²) in [7, 11) is 0. The minimum absolute atomic E-state index is 0.0715. The zero-order chi connectivity index (χ0) is 12.5. The van der Waals surface area contributed by atoms with E-state index < -0.39 is 0 Å². The van der Waals surface area contributed by atoms with Gasteiger partial charge in [-0.1, -0.05) is 18.2 Å². The molecule has 0 bridgehead atoms. The molecule has 94 valence electrons. The molecule has 4 heteroatoms. The second-order valence-corrected chi connectivity index (χ2v) is 5.45. The molecule has 0 aliphatic heterocycles. The Morgan fingerprint density at radius 3 is 2.94 bits per heavy atom. The number of hydrogen-bond acceptors (Lipinski definition) is 3. The topological polar surface area (TPSA) is 42.2 Å². The van der Waals surface area contributed by atoms with Crippen LogP contribution in [0.15, 0.2) is 28.7 Å². The maximum Gasteiger partial charge on any atom is 0.287 e. The van der Waals surface area contributed by atoms with E-state index >= 15 is 0 Å². The molecule has 0 saturated heterocycles. The maximum atomic E-state index is 12.1. The van der Waals surface area contributed by atoms with E-state index in [-0.39, 0.29) is 5.91 Å². The van der Waals surface area contributed by atoms with Gasteiger partial charge in [0, 0.05) is 22.7 Å². The summed E-state index contributed by atoms with van der Waals surface area (Å²) in [5, 5.41) is 4.04. The molecular formula is C14H15NO2S. The Labute approximate surface area is 110 Å². The second kappa shape index (κ2) is 4.69. The van der Waals surface area contributed by atoms with Crippen LogP contribution >= 0.6 is 11.8 Å². The van der Waals surface area contributed by atoms with Gasteiger partial charge < -0.3 is 9.73 Å². The average molecular weight is 261 g/mol. The quantitative estimate of drug-likeness (QED) is 0.919. The summed E-state index contributed by atoms with van der Waals surface area (Å²) >= 11 is 1.70. The van der Waals surface area contributed by atoms with Crippen molar-refractivity contribution in [2.45, 2.75) is 24.6 Å². The molecule has 0 atom stereocenters. The van der Waals surface area contributed by atoms with E-state index in [9.17, 15) is 4.79 Å². The molecule has 1 N–H and O–H groups in total. The van der Waals surface area contributed by atoms with Crippen molar-refractivity contribution >= 4 is 28.6 Å². The van der Waals surface area contributed by atoms with Crippen molar-refractivity contribution in [3.8, 4) is 0 Å². The van der Waals surface area contributed by atoms with Gasteiger partial charge in [-0.15, -0.1) is 0 Å². The van der Waals surface area contributed by atoms with Gasteiger partial charge in [-0.25, -0.2) is 0 Å². The number of benzene rings is 1. The van der Waals surface area contributed by atoms with E-state index in [1.807, 2.05) is 30.5 Å². The molecule has 3 nitrogen and oxygen atoms in total. The first-order valence-corrected chi connectivity index (χ1v) is 7.49. The van der Waals surface area contributed by atoms with Crippen LogP contribution in [-0.2, 0) is 5.75 Å². The van der Waals surface area contributed by atoms with Crippen LogP contribution in [0.4, 0.5) is 0 Å². The summed E-state index contributed by atoms with van der Waals surface area (Å²) in [5.74, 6) is 1.21. The van der Waals surface area contributed by atoms with Gasteiger partial charge in [-0.2, -0.15) is 11.8 Å². The van der Waals surface area contributed by atoms with E-state index in [2.05, 4.69) is 5.32 Å². The minimum atomic E-state index is -0.0715. The summed E-state index contributed by atoms with van der Waals surface area (Å²) in [4.78, 5) is 12.1. The van der Waals surface area contributed by atoms with Crippen molar-refractivity contribution in [2.75, 3.05) is 6.26 Å². The number of amides is 1. The largest absolute Gasteiger partial charge is 0.451 e.